The van der Waals surface area contributed by atoms with Crippen LogP contribution >= 0.6 is 0 Å². The maximum atomic E-state index is 12.9. The first kappa shape index (κ1) is 66.2. The van der Waals surface area contributed by atoms with Crippen molar-refractivity contribution >= 4 is 17.9 Å². The Balaban J connectivity index is 4.29. The molecule has 0 unspecified atom stereocenters. The molecule has 0 aromatic carbocycles. The highest BCUT2D eigenvalue weighted by molar-refractivity contribution is 5.71. The molecule has 0 bridgehead atoms. The van der Waals surface area contributed by atoms with Crippen LogP contribution in [0.1, 0.15) is 348 Å². The molecule has 0 saturated carbocycles. The van der Waals surface area contributed by atoms with Gasteiger partial charge in [0, 0.05) is 19.3 Å². The second-order valence-electron chi connectivity index (χ2n) is 21.0. The number of unbranched alkanes of at least 4 members (excludes halogenated alkanes) is 44. The molecule has 0 aliphatic rings. The monoisotopic (exact) mass is 959 g/mol. The molecule has 0 aromatic rings. The highest BCUT2D eigenvalue weighted by Crippen LogP contribution is 2.18. The van der Waals surface area contributed by atoms with Gasteiger partial charge in [-0.1, -0.05) is 296 Å². The lowest BCUT2D eigenvalue weighted by Gasteiger charge is -2.18. The average Bonchev–Trinajstić information content (AvgIpc) is 3.34. The molecule has 0 saturated heterocycles. The molecule has 6 nitrogen and oxygen atoms in total. The summed E-state index contributed by atoms with van der Waals surface area (Å²) in [5, 5.41) is 0. The standard InChI is InChI=1S/C62H118O6/c1-4-7-10-13-16-19-22-25-28-30-31-33-34-37-40-43-46-49-52-55-61(64)67-58-59(57-66-60(63)54-51-48-45-42-39-36-27-24-21-18-15-12-9-6-3)68-62(65)56-53-50-47-44-41-38-35-32-29-26-23-20-17-14-11-8-5-2/h26,29,59H,4-25,27-28,30-58H2,1-3H3/b29-26-/t59-/m1/s1. The zero-order chi connectivity index (χ0) is 49.3. The third kappa shape index (κ3) is 55.1. The predicted molar refractivity (Wildman–Crippen MR) is 293 cm³/mol. The molecule has 0 heterocycles. The van der Waals surface area contributed by atoms with Crippen LogP contribution in [0.25, 0.3) is 0 Å². The van der Waals surface area contributed by atoms with Crippen molar-refractivity contribution in [3.63, 3.8) is 0 Å². The van der Waals surface area contributed by atoms with E-state index in [1.165, 1.54) is 250 Å². The molecule has 0 aliphatic heterocycles. The molecule has 6 heteroatoms. The second kappa shape index (κ2) is 57.7. The van der Waals surface area contributed by atoms with E-state index in [-0.39, 0.29) is 31.1 Å². The Bertz CT molecular complexity index is 1060. The minimum Gasteiger partial charge on any atom is -0.462 e. The summed E-state index contributed by atoms with van der Waals surface area (Å²) in [7, 11) is 0. The number of esters is 3. The highest BCUT2D eigenvalue weighted by atomic mass is 16.6. The molecular weight excluding hydrogens is 841 g/mol. The fourth-order valence-electron chi connectivity index (χ4n) is 9.38. The molecular formula is C62H118O6. The van der Waals surface area contributed by atoms with Crippen molar-refractivity contribution in [3.8, 4) is 0 Å². The van der Waals surface area contributed by atoms with Gasteiger partial charge < -0.3 is 14.2 Å². The summed E-state index contributed by atoms with van der Waals surface area (Å²) >= 11 is 0. The van der Waals surface area contributed by atoms with Crippen LogP contribution in [0.4, 0.5) is 0 Å². The van der Waals surface area contributed by atoms with E-state index >= 15 is 0 Å². The van der Waals surface area contributed by atoms with Crippen molar-refractivity contribution in [2.75, 3.05) is 13.2 Å². The smallest absolute Gasteiger partial charge is 0.306 e. The fourth-order valence-corrected chi connectivity index (χ4v) is 9.38. The fraction of sp³-hybridized carbons (Fsp3) is 0.919. The molecule has 0 spiro atoms. The van der Waals surface area contributed by atoms with Crippen molar-refractivity contribution in [2.24, 2.45) is 0 Å². The number of hydrogen-bond acceptors (Lipinski definition) is 6. The average molecular weight is 960 g/mol. The van der Waals surface area contributed by atoms with Crippen LogP contribution in [0, 0.1) is 0 Å². The van der Waals surface area contributed by atoms with Gasteiger partial charge in [0.1, 0.15) is 13.2 Å². The van der Waals surface area contributed by atoms with Crippen LogP contribution in [0.15, 0.2) is 12.2 Å². The molecule has 0 rings (SSSR count). The highest BCUT2D eigenvalue weighted by Gasteiger charge is 2.19. The molecule has 0 radical (unpaired) electrons. The maximum Gasteiger partial charge on any atom is 0.306 e. The van der Waals surface area contributed by atoms with Gasteiger partial charge >= 0.3 is 17.9 Å². The molecule has 0 N–H and O–H groups in total. The summed E-state index contributed by atoms with van der Waals surface area (Å²) < 4.78 is 16.9. The van der Waals surface area contributed by atoms with Gasteiger partial charge in [-0.15, -0.1) is 0 Å². The molecule has 68 heavy (non-hydrogen) atoms. The number of hydrogen-bond donors (Lipinski definition) is 0. The van der Waals surface area contributed by atoms with E-state index in [1.54, 1.807) is 0 Å². The maximum absolute atomic E-state index is 12.9. The Morgan fingerprint density at radius 3 is 0.735 bits per heavy atom. The number of carbonyl (C=O) groups is 3. The van der Waals surface area contributed by atoms with E-state index in [1.807, 2.05) is 0 Å². The minimum atomic E-state index is -0.767. The van der Waals surface area contributed by atoms with Gasteiger partial charge in [0.25, 0.3) is 0 Å². The van der Waals surface area contributed by atoms with E-state index < -0.39 is 6.10 Å². The molecule has 0 fully saturated rings. The quantitative estimate of drug-likeness (QED) is 0.0262. The van der Waals surface area contributed by atoms with E-state index in [9.17, 15) is 14.4 Å². The Kier molecular flexibility index (Phi) is 56.2. The number of ether oxygens (including phenoxy) is 3. The molecule has 0 aromatic heterocycles. The first-order valence-electron chi connectivity index (χ1n) is 30.7. The first-order chi connectivity index (χ1) is 33.5. The van der Waals surface area contributed by atoms with Crippen LogP contribution in [-0.2, 0) is 28.6 Å². The van der Waals surface area contributed by atoms with Gasteiger partial charge in [-0.05, 0) is 44.9 Å². The molecule has 0 aliphatic carbocycles. The van der Waals surface area contributed by atoms with E-state index in [4.69, 9.17) is 14.2 Å². The normalized spacial score (nSPS) is 12.0. The van der Waals surface area contributed by atoms with Gasteiger partial charge in [0.2, 0.25) is 0 Å². The summed E-state index contributed by atoms with van der Waals surface area (Å²) in [6, 6.07) is 0. The molecule has 0 amide bonds. The van der Waals surface area contributed by atoms with Crippen LogP contribution in [-0.4, -0.2) is 37.2 Å². The zero-order valence-corrected chi connectivity index (χ0v) is 46.2. The van der Waals surface area contributed by atoms with Crippen molar-refractivity contribution in [1.29, 1.82) is 0 Å². The predicted octanol–water partition coefficient (Wildman–Crippen LogP) is 20.5. The summed E-state index contributed by atoms with van der Waals surface area (Å²) in [6.07, 6.45) is 66.3. The lowest BCUT2D eigenvalue weighted by molar-refractivity contribution is -0.167. The SMILES string of the molecule is CCCCCCCC/C=C\CCCCCCCCCC(=O)O[C@H](COC(=O)CCCCCCCCCCCCCCCC)COC(=O)CCCCCCCCCCCCCCCCCCCCC. The summed E-state index contributed by atoms with van der Waals surface area (Å²) in [5.74, 6) is -0.842. The van der Waals surface area contributed by atoms with Gasteiger partial charge in [0.15, 0.2) is 6.10 Å². The van der Waals surface area contributed by atoms with Crippen LogP contribution in [0.2, 0.25) is 0 Å². The van der Waals surface area contributed by atoms with Crippen LogP contribution < -0.4 is 0 Å². The minimum absolute atomic E-state index is 0.0654. The largest absolute Gasteiger partial charge is 0.462 e. The lowest BCUT2D eigenvalue weighted by Crippen LogP contribution is -2.30. The Hall–Kier alpha value is -1.85. The first-order valence-corrected chi connectivity index (χ1v) is 30.7. The second-order valence-corrected chi connectivity index (χ2v) is 21.0. The van der Waals surface area contributed by atoms with E-state index in [2.05, 4.69) is 32.9 Å². The topological polar surface area (TPSA) is 78.9 Å². The Morgan fingerprint density at radius 1 is 0.279 bits per heavy atom. The summed E-state index contributed by atoms with van der Waals surface area (Å²) in [6.45, 7) is 6.70. The molecule has 402 valence electrons. The third-order valence-electron chi connectivity index (χ3n) is 14.0. The van der Waals surface area contributed by atoms with Crippen LogP contribution in [0.5, 0.6) is 0 Å². The summed E-state index contributed by atoms with van der Waals surface area (Å²) in [5.41, 5.74) is 0. The number of carbonyl (C=O) groups excluding carboxylic acids is 3. The van der Waals surface area contributed by atoms with Crippen molar-refractivity contribution in [2.45, 2.75) is 354 Å². The third-order valence-corrected chi connectivity index (χ3v) is 14.0. The van der Waals surface area contributed by atoms with Crippen molar-refractivity contribution in [3.05, 3.63) is 12.2 Å². The lowest BCUT2D eigenvalue weighted by atomic mass is 10.0. The summed E-state index contributed by atoms with van der Waals surface area (Å²) in [4.78, 5) is 38.2. The van der Waals surface area contributed by atoms with Crippen molar-refractivity contribution in [1.82, 2.24) is 0 Å². The number of allylic oxidation sites excluding steroid dienone is 2. The van der Waals surface area contributed by atoms with Crippen molar-refractivity contribution < 1.29 is 28.6 Å². The Morgan fingerprint density at radius 2 is 0.485 bits per heavy atom. The van der Waals surface area contributed by atoms with Crippen LogP contribution in [0.3, 0.4) is 0 Å². The van der Waals surface area contributed by atoms with Gasteiger partial charge in [0.05, 0.1) is 0 Å². The van der Waals surface area contributed by atoms with E-state index in [0.717, 1.165) is 57.8 Å². The Labute approximate surface area is 424 Å². The van der Waals surface area contributed by atoms with Gasteiger partial charge in [-0.25, -0.2) is 0 Å². The van der Waals surface area contributed by atoms with Gasteiger partial charge in [-0.3, -0.25) is 14.4 Å². The zero-order valence-electron chi connectivity index (χ0n) is 46.2. The van der Waals surface area contributed by atoms with E-state index in [0.29, 0.717) is 19.3 Å². The number of rotatable bonds is 57. The van der Waals surface area contributed by atoms with Gasteiger partial charge in [-0.2, -0.15) is 0 Å². The molecule has 1 atom stereocenters.